The van der Waals surface area contributed by atoms with Gasteiger partial charge in [-0.1, -0.05) is 0 Å². The Morgan fingerprint density at radius 2 is 2.56 bits per heavy atom. The van der Waals surface area contributed by atoms with E-state index in [1.165, 1.54) is 0 Å². The van der Waals surface area contributed by atoms with E-state index >= 15 is 0 Å². The summed E-state index contributed by atoms with van der Waals surface area (Å²) in [7, 11) is 1.59. The highest BCUT2D eigenvalue weighted by atomic mass is 15.1. The van der Waals surface area contributed by atoms with E-state index in [2.05, 4.69) is 10.3 Å². The van der Waals surface area contributed by atoms with E-state index in [9.17, 15) is 0 Å². The molecule has 0 unspecified atom stereocenters. The van der Waals surface area contributed by atoms with Gasteiger partial charge in [0.25, 0.3) is 0 Å². The summed E-state index contributed by atoms with van der Waals surface area (Å²) in [6, 6.07) is 1.97. The van der Waals surface area contributed by atoms with E-state index in [1.54, 1.807) is 7.05 Å². The second-order valence-electron chi connectivity index (χ2n) is 1.44. The summed E-state index contributed by atoms with van der Waals surface area (Å²) in [6.07, 6.45) is 0.455. The topological polar surface area (TPSA) is 74.2 Å². The monoisotopic (exact) mass is 126 g/mol. The summed E-state index contributed by atoms with van der Waals surface area (Å²) >= 11 is 0. The summed E-state index contributed by atoms with van der Waals surface area (Å²) in [5, 5.41) is 10.8. The Bertz CT molecular complexity index is 132. The van der Waals surface area contributed by atoms with Crippen LogP contribution in [0.1, 0.15) is 6.42 Å². The van der Waals surface area contributed by atoms with Crippen molar-refractivity contribution in [3.8, 4) is 6.07 Å². The summed E-state index contributed by atoms with van der Waals surface area (Å²) in [6.45, 7) is 0.569. The number of nitrogens with one attached hydrogen (secondary N) is 1. The Morgan fingerprint density at radius 3 is 3.00 bits per heavy atom. The van der Waals surface area contributed by atoms with Gasteiger partial charge in [-0.2, -0.15) is 5.26 Å². The lowest BCUT2D eigenvalue weighted by molar-refractivity contribution is 0.885. The second-order valence-corrected chi connectivity index (χ2v) is 1.44. The first-order valence-corrected chi connectivity index (χ1v) is 2.64. The minimum Gasteiger partial charge on any atom is -0.370 e. The minimum atomic E-state index is 0.380. The maximum absolute atomic E-state index is 8.08. The molecule has 0 heterocycles. The first-order valence-electron chi connectivity index (χ1n) is 2.64. The van der Waals surface area contributed by atoms with Crippen LogP contribution in [0.5, 0.6) is 0 Å². The zero-order chi connectivity index (χ0) is 7.11. The Balaban J connectivity index is 3.20. The lowest BCUT2D eigenvalue weighted by atomic mass is 10.5. The molecule has 0 aliphatic heterocycles. The van der Waals surface area contributed by atoms with Crippen molar-refractivity contribution in [1.29, 1.82) is 5.26 Å². The average molecular weight is 126 g/mol. The third-order valence-electron chi connectivity index (χ3n) is 0.784. The van der Waals surface area contributed by atoms with Crippen molar-refractivity contribution in [1.82, 2.24) is 5.32 Å². The molecule has 0 radical (unpaired) electrons. The summed E-state index contributed by atoms with van der Waals surface area (Å²) in [5.41, 5.74) is 5.24. The van der Waals surface area contributed by atoms with Crippen LogP contribution < -0.4 is 11.1 Å². The van der Waals surface area contributed by atoms with Crippen LogP contribution in [-0.2, 0) is 0 Å². The van der Waals surface area contributed by atoms with Gasteiger partial charge >= 0.3 is 0 Å². The van der Waals surface area contributed by atoms with Gasteiger partial charge in [0, 0.05) is 13.6 Å². The third kappa shape index (κ3) is 4.62. The number of nitrogens with two attached hydrogens (primary N) is 1. The second kappa shape index (κ2) is 4.91. The molecule has 0 fully saturated rings. The molecule has 50 valence electrons. The molecule has 0 aromatic rings. The Kier molecular flexibility index (Phi) is 4.23. The molecular weight excluding hydrogens is 116 g/mol. The fraction of sp³-hybridized carbons (Fsp3) is 0.600. The number of aliphatic imine (C=N–C) groups is 1. The van der Waals surface area contributed by atoms with Crippen LogP contribution in [0.25, 0.3) is 0 Å². The Hall–Kier alpha value is -1.24. The SMILES string of the molecule is CN=C(N)NCCC#N. The highest BCUT2D eigenvalue weighted by Gasteiger charge is 1.84. The van der Waals surface area contributed by atoms with Crippen LogP contribution in [0, 0.1) is 11.3 Å². The van der Waals surface area contributed by atoms with E-state index in [0.717, 1.165) is 0 Å². The first kappa shape index (κ1) is 7.76. The quantitative estimate of drug-likeness (QED) is 0.296. The molecule has 0 spiro atoms. The molecule has 4 nitrogen and oxygen atoms in total. The molecule has 0 aromatic heterocycles. The van der Waals surface area contributed by atoms with Crippen molar-refractivity contribution in [3.63, 3.8) is 0 Å². The standard InChI is InChI=1S/C5H10N4/c1-8-5(7)9-4-2-3-6/h2,4H2,1H3,(H3,7,8,9). The van der Waals surface area contributed by atoms with E-state index in [1.807, 2.05) is 6.07 Å². The van der Waals surface area contributed by atoms with Crippen molar-refractivity contribution < 1.29 is 0 Å². The van der Waals surface area contributed by atoms with Crippen LogP contribution in [0.4, 0.5) is 0 Å². The number of hydrogen-bond donors (Lipinski definition) is 2. The predicted octanol–water partition coefficient (Wildman–Crippen LogP) is -0.566. The van der Waals surface area contributed by atoms with Gasteiger partial charge in [0.2, 0.25) is 0 Å². The normalized spacial score (nSPS) is 10.4. The molecule has 0 rings (SSSR count). The molecule has 4 heteroatoms. The lowest BCUT2D eigenvalue weighted by Crippen LogP contribution is -2.31. The van der Waals surface area contributed by atoms with E-state index in [4.69, 9.17) is 11.0 Å². The molecule has 0 atom stereocenters. The molecule has 0 saturated heterocycles. The molecule has 0 bridgehead atoms. The van der Waals surface area contributed by atoms with Gasteiger partial charge < -0.3 is 11.1 Å². The van der Waals surface area contributed by atoms with E-state index < -0.39 is 0 Å². The van der Waals surface area contributed by atoms with Crippen molar-refractivity contribution >= 4 is 5.96 Å². The largest absolute Gasteiger partial charge is 0.370 e. The van der Waals surface area contributed by atoms with E-state index in [0.29, 0.717) is 18.9 Å². The molecule has 0 saturated carbocycles. The molecule has 3 N–H and O–H groups in total. The zero-order valence-electron chi connectivity index (χ0n) is 5.39. The van der Waals surface area contributed by atoms with Crippen LogP contribution in [-0.4, -0.2) is 19.6 Å². The highest BCUT2D eigenvalue weighted by Crippen LogP contribution is 1.68. The van der Waals surface area contributed by atoms with Crippen LogP contribution >= 0.6 is 0 Å². The van der Waals surface area contributed by atoms with Crippen molar-refractivity contribution in [2.45, 2.75) is 6.42 Å². The maximum atomic E-state index is 8.08. The van der Waals surface area contributed by atoms with Gasteiger partial charge in [0.05, 0.1) is 12.5 Å². The van der Waals surface area contributed by atoms with Gasteiger partial charge in [-0.05, 0) is 0 Å². The molecule has 0 aliphatic rings. The average Bonchev–Trinajstić information content (AvgIpc) is 1.89. The maximum Gasteiger partial charge on any atom is 0.188 e. The summed E-state index contributed by atoms with van der Waals surface area (Å²) in [4.78, 5) is 3.63. The van der Waals surface area contributed by atoms with Crippen molar-refractivity contribution in [2.24, 2.45) is 10.7 Å². The van der Waals surface area contributed by atoms with Crippen LogP contribution in [0.15, 0.2) is 4.99 Å². The van der Waals surface area contributed by atoms with E-state index in [-0.39, 0.29) is 0 Å². The minimum absolute atomic E-state index is 0.380. The fourth-order valence-electron chi connectivity index (χ4n) is 0.326. The molecule has 0 aliphatic carbocycles. The smallest absolute Gasteiger partial charge is 0.188 e. The van der Waals surface area contributed by atoms with Gasteiger partial charge in [-0.3, -0.25) is 4.99 Å². The van der Waals surface area contributed by atoms with Gasteiger partial charge in [0.1, 0.15) is 0 Å². The zero-order valence-corrected chi connectivity index (χ0v) is 5.39. The predicted molar refractivity (Wildman–Crippen MR) is 35.8 cm³/mol. The first-order chi connectivity index (χ1) is 4.31. The molecule has 0 amide bonds. The number of hydrogen-bond acceptors (Lipinski definition) is 2. The van der Waals surface area contributed by atoms with Gasteiger partial charge in [-0.15, -0.1) is 0 Å². The van der Waals surface area contributed by atoms with Gasteiger partial charge in [0.15, 0.2) is 5.96 Å². The third-order valence-corrected chi connectivity index (χ3v) is 0.784. The van der Waals surface area contributed by atoms with Gasteiger partial charge in [-0.25, -0.2) is 0 Å². The number of nitrogens with zero attached hydrogens (tertiary/aromatic N) is 2. The molecular formula is C5H10N4. The number of guanidine groups is 1. The van der Waals surface area contributed by atoms with Crippen molar-refractivity contribution in [2.75, 3.05) is 13.6 Å². The highest BCUT2D eigenvalue weighted by molar-refractivity contribution is 5.77. The fourth-order valence-corrected chi connectivity index (χ4v) is 0.326. The van der Waals surface area contributed by atoms with Crippen LogP contribution in [0.3, 0.4) is 0 Å². The Labute approximate surface area is 54.4 Å². The summed E-state index contributed by atoms with van der Waals surface area (Å²) < 4.78 is 0. The molecule has 9 heavy (non-hydrogen) atoms. The summed E-state index contributed by atoms with van der Waals surface area (Å²) in [5.74, 6) is 0.380. The van der Waals surface area contributed by atoms with Crippen LogP contribution in [0.2, 0.25) is 0 Å². The number of rotatable bonds is 2. The molecule has 0 aromatic carbocycles. The van der Waals surface area contributed by atoms with Crippen molar-refractivity contribution in [3.05, 3.63) is 0 Å². The lowest BCUT2D eigenvalue weighted by Gasteiger charge is -1.98. The Morgan fingerprint density at radius 1 is 1.89 bits per heavy atom. The number of nitriles is 1.